The first kappa shape index (κ1) is 15.0. The molecule has 1 heterocycles. The SMILES string of the molecule is NCc1c(Cl)ccc(S(=O)(=O)Nc2cncnc2)c1Cl. The second kappa shape index (κ2) is 5.92. The summed E-state index contributed by atoms with van der Waals surface area (Å²) in [5.41, 5.74) is 6.12. The summed E-state index contributed by atoms with van der Waals surface area (Å²) in [6, 6.07) is 2.75. The Morgan fingerprint density at radius 1 is 1.20 bits per heavy atom. The fourth-order valence-electron chi connectivity index (χ4n) is 1.53. The number of hydrogen-bond acceptors (Lipinski definition) is 5. The average Bonchev–Trinajstić information content (AvgIpc) is 2.39. The highest BCUT2D eigenvalue weighted by Gasteiger charge is 2.21. The van der Waals surface area contributed by atoms with Gasteiger partial charge in [-0.1, -0.05) is 23.2 Å². The van der Waals surface area contributed by atoms with Crippen LogP contribution in [0, 0.1) is 0 Å². The first-order chi connectivity index (χ1) is 9.45. The number of nitrogens with zero attached hydrogens (tertiary/aromatic N) is 2. The highest BCUT2D eigenvalue weighted by molar-refractivity contribution is 7.92. The number of anilines is 1. The molecule has 0 bridgehead atoms. The molecule has 2 rings (SSSR count). The number of hydrogen-bond donors (Lipinski definition) is 2. The number of rotatable bonds is 4. The van der Waals surface area contributed by atoms with Crippen LogP contribution in [0.25, 0.3) is 0 Å². The largest absolute Gasteiger partial charge is 0.326 e. The van der Waals surface area contributed by atoms with Crippen LogP contribution >= 0.6 is 23.2 Å². The van der Waals surface area contributed by atoms with Crippen molar-refractivity contribution in [3.05, 3.63) is 46.5 Å². The maximum atomic E-state index is 12.3. The Balaban J connectivity index is 2.45. The molecular formula is C11H10Cl2N4O2S. The molecule has 0 atom stereocenters. The fraction of sp³-hybridized carbons (Fsp3) is 0.0909. The van der Waals surface area contributed by atoms with E-state index in [9.17, 15) is 8.42 Å². The Kier molecular flexibility index (Phi) is 4.44. The Morgan fingerprint density at radius 3 is 2.45 bits per heavy atom. The maximum absolute atomic E-state index is 12.3. The molecule has 0 fully saturated rings. The maximum Gasteiger partial charge on any atom is 0.263 e. The first-order valence-corrected chi connectivity index (χ1v) is 7.64. The van der Waals surface area contributed by atoms with Crippen LogP contribution in [-0.2, 0) is 16.6 Å². The second-order valence-electron chi connectivity index (χ2n) is 3.77. The predicted octanol–water partition coefficient (Wildman–Crippen LogP) is 2.04. The van der Waals surface area contributed by atoms with Crippen LogP contribution < -0.4 is 10.5 Å². The van der Waals surface area contributed by atoms with Crippen molar-refractivity contribution in [1.29, 1.82) is 0 Å². The minimum atomic E-state index is -3.87. The zero-order valence-corrected chi connectivity index (χ0v) is 12.4. The van der Waals surface area contributed by atoms with E-state index in [0.717, 1.165) is 0 Å². The van der Waals surface area contributed by atoms with E-state index in [2.05, 4.69) is 14.7 Å². The van der Waals surface area contributed by atoms with Crippen LogP contribution in [0.5, 0.6) is 0 Å². The van der Waals surface area contributed by atoms with Crippen molar-refractivity contribution in [3.63, 3.8) is 0 Å². The molecule has 0 aliphatic carbocycles. The van der Waals surface area contributed by atoms with Gasteiger partial charge in [-0.15, -0.1) is 0 Å². The van der Waals surface area contributed by atoms with Gasteiger partial charge in [-0.25, -0.2) is 18.4 Å². The molecule has 0 aliphatic rings. The highest BCUT2D eigenvalue weighted by atomic mass is 35.5. The van der Waals surface area contributed by atoms with Gasteiger partial charge in [-0.3, -0.25) is 4.72 Å². The van der Waals surface area contributed by atoms with Crippen LogP contribution in [0.15, 0.2) is 35.7 Å². The number of nitrogens with two attached hydrogens (primary N) is 1. The van der Waals surface area contributed by atoms with Gasteiger partial charge in [0.1, 0.15) is 11.2 Å². The van der Waals surface area contributed by atoms with Crippen molar-refractivity contribution in [1.82, 2.24) is 9.97 Å². The average molecular weight is 333 g/mol. The Labute approximate surface area is 126 Å². The number of nitrogens with one attached hydrogen (secondary N) is 1. The van der Waals surface area contributed by atoms with Gasteiger partial charge in [0.2, 0.25) is 0 Å². The third-order valence-electron chi connectivity index (χ3n) is 2.46. The van der Waals surface area contributed by atoms with E-state index in [-0.39, 0.29) is 22.2 Å². The third-order valence-corrected chi connectivity index (χ3v) is 4.78. The summed E-state index contributed by atoms with van der Waals surface area (Å²) in [4.78, 5) is 7.34. The van der Waals surface area contributed by atoms with Gasteiger partial charge in [0.15, 0.2) is 0 Å². The third kappa shape index (κ3) is 3.01. The Bertz CT molecular complexity index is 723. The van der Waals surface area contributed by atoms with Crippen molar-refractivity contribution in [2.45, 2.75) is 11.4 Å². The van der Waals surface area contributed by atoms with E-state index in [1.54, 1.807) is 0 Å². The molecule has 0 unspecified atom stereocenters. The molecule has 0 amide bonds. The predicted molar refractivity (Wildman–Crippen MR) is 77.2 cm³/mol. The summed E-state index contributed by atoms with van der Waals surface area (Å²) in [7, 11) is -3.87. The van der Waals surface area contributed by atoms with Crippen LogP contribution in [0.2, 0.25) is 10.0 Å². The molecule has 0 spiro atoms. The van der Waals surface area contributed by atoms with Gasteiger partial charge < -0.3 is 5.73 Å². The molecule has 3 N–H and O–H groups in total. The highest BCUT2D eigenvalue weighted by Crippen LogP contribution is 2.31. The molecule has 0 saturated carbocycles. The first-order valence-electron chi connectivity index (χ1n) is 5.40. The van der Waals surface area contributed by atoms with Crippen LogP contribution in [0.1, 0.15) is 5.56 Å². The summed E-state index contributed by atoms with van der Waals surface area (Å²) < 4.78 is 26.9. The molecule has 106 valence electrons. The van der Waals surface area contributed by atoms with Crippen LogP contribution in [0.3, 0.4) is 0 Å². The lowest BCUT2D eigenvalue weighted by Crippen LogP contribution is -2.15. The molecule has 20 heavy (non-hydrogen) atoms. The normalized spacial score (nSPS) is 11.3. The van der Waals surface area contributed by atoms with E-state index in [1.165, 1.54) is 30.9 Å². The summed E-state index contributed by atoms with van der Waals surface area (Å²) in [6.07, 6.45) is 3.95. The van der Waals surface area contributed by atoms with E-state index < -0.39 is 10.0 Å². The number of halogens is 2. The Hall–Kier alpha value is -1.41. The van der Waals surface area contributed by atoms with Crippen molar-refractivity contribution in [2.75, 3.05) is 4.72 Å². The molecule has 9 heteroatoms. The number of sulfonamides is 1. The molecule has 2 aromatic rings. The number of benzene rings is 1. The van der Waals surface area contributed by atoms with E-state index in [1.807, 2.05) is 0 Å². The molecule has 0 saturated heterocycles. The molecule has 1 aromatic carbocycles. The molecule has 0 radical (unpaired) electrons. The summed E-state index contributed by atoms with van der Waals surface area (Å²) in [6.45, 7) is 0.0372. The van der Waals surface area contributed by atoms with Crippen molar-refractivity contribution < 1.29 is 8.42 Å². The summed E-state index contributed by atoms with van der Waals surface area (Å²) >= 11 is 12.0. The smallest absolute Gasteiger partial charge is 0.263 e. The minimum Gasteiger partial charge on any atom is -0.326 e. The quantitative estimate of drug-likeness (QED) is 0.892. The van der Waals surface area contributed by atoms with E-state index in [0.29, 0.717) is 10.6 Å². The van der Waals surface area contributed by atoms with Gasteiger partial charge in [-0.05, 0) is 12.1 Å². The lowest BCUT2D eigenvalue weighted by molar-refractivity contribution is 0.601. The second-order valence-corrected chi connectivity index (χ2v) is 6.21. The van der Waals surface area contributed by atoms with Crippen molar-refractivity contribution >= 4 is 38.9 Å². The molecule has 0 aliphatic heterocycles. The molecule has 6 nitrogen and oxygen atoms in total. The standard InChI is InChI=1S/C11H10Cl2N4O2S/c12-9-1-2-10(11(13)8(9)3-14)20(18,19)17-7-4-15-6-16-5-7/h1-2,4-6,17H,3,14H2. The zero-order chi connectivity index (χ0) is 14.8. The van der Waals surface area contributed by atoms with Gasteiger partial charge in [0.25, 0.3) is 10.0 Å². The zero-order valence-electron chi connectivity index (χ0n) is 10.0. The summed E-state index contributed by atoms with van der Waals surface area (Å²) in [5.74, 6) is 0. The number of aromatic nitrogens is 2. The monoisotopic (exact) mass is 332 g/mol. The fourth-order valence-corrected chi connectivity index (χ4v) is 3.49. The van der Waals surface area contributed by atoms with Crippen LogP contribution in [0.4, 0.5) is 5.69 Å². The van der Waals surface area contributed by atoms with Crippen molar-refractivity contribution in [3.8, 4) is 0 Å². The van der Waals surface area contributed by atoms with Gasteiger partial charge >= 0.3 is 0 Å². The van der Waals surface area contributed by atoms with Crippen molar-refractivity contribution in [2.24, 2.45) is 5.73 Å². The molecular weight excluding hydrogens is 323 g/mol. The lowest BCUT2D eigenvalue weighted by atomic mass is 10.2. The summed E-state index contributed by atoms with van der Waals surface area (Å²) in [5, 5.41) is 0.323. The van der Waals surface area contributed by atoms with Gasteiger partial charge in [-0.2, -0.15) is 0 Å². The lowest BCUT2D eigenvalue weighted by Gasteiger charge is -2.12. The van der Waals surface area contributed by atoms with E-state index >= 15 is 0 Å². The minimum absolute atomic E-state index is 0.00403. The van der Waals surface area contributed by atoms with Crippen LogP contribution in [-0.4, -0.2) is 18.4 Å². The van der Waals surface area contributed by atoms with Gasteiger partial charge in [0, 0.05) is 17.1 Å². The van der Waals surface area contributed by atoms with Gasteiger partial charge in [0.05, 0.1) is 23.1 Å². The van der Waals surface area contributed by atoms with E-state index in [4.69, 9.17) is 28.9 Å². The molecule has 1 aromatic heterocycles. The Morgan fingerprint density at radius 2 is 1.85 bits per heavy atom. The topological polar surface area (TPSA) is 98.0 Å².